The zero-order valence-corrected chi connectivity index (χ0v) is 19.4. The van der Waals surface area contributed by atoms with Gasteiger partial charge in [-0.25, -0.2) is 9.97 Å². The van der Waals surface area contributed by atoms with E-state index in [2.05, 4.69) is 27.2 Å². The van der Waals surface area contributed by atoms with Crippen LogP contribution >= 0.6 is 0 Å². The molecule has 2 aliphatic heterocycles. The summed E-state index contributed by atoms with van der Waals surface area (Å²) in [5, 5.41) is 18.0. The Morgan fingerprint density at radius 1 is 1.15 bits per heavy atom. The Balaban J connectivity index is 1.26. The Hall–Kier alpha value is -3.00. The smallest absolute Gasteiger partial charge is 0.225 e. The molecule has 3 aliphatic rings. The summed E-state index contributed by atoms with van der Waals surface area (Å²) in [5.41, 5.74) is 2.22. The van der Waals surface area contributed by atoms with Crippen LogP contribution in [0.3, 0.4) is 0 Å². The molecule has 1 aromatic heterocycles. The molecule has 8 heteroatoms. The van der Waals surface area contributed by atoms with Crippen molar-refractivity contribution in [3.05, 3.63) is 36.7 Å². The van der Waals surface area contributed by atoms with Crippen LogP contribution in [0.2, 0.25) is 0 Å². The number of carbonyl (C=O) groups is 1. The SMILES string of the molecule is CN(C)c1ncc(-c2cccc(N3N=CCC3CC3(O)CCN(C(=O)C4CC4)CC3)c2)cn1. The van der Waals surface area contributed by atoms with Crippen LogP contribution < -0.4 is 9.91 Å². The van der Waals surface area contributed by atoms with Crippen molar-refractivity contribution in [3.8, 4) is 11.1 Å². The van der Waals surface area contributed by atoms with Gasteiger partial charge in [0.15, 0.2) is 0 Å². The average molecular weight is 449 g/mol. The lowest BCUT2D eigenvalue weighted by atomic mass is 9.84. The number of hydrogen-bond donors (Lipinski definition) is 1. The fourth-order valence-corrected chi connectivity index (χ4v) is 4.80. The standard InChI is InChI=1S/C25H32N6O2/c1-29(2)24-26-16-20(17-27-24)19-4-3-5-21(14-19)31-22(8-11-28-31)15-25(33)9-12-30(13-10-25)23(32)18-6-7-18/h3-5,11,14,16-18,22,33H,6-10,12-13,15H2,1-2H3. The van der Waals surface area contributed by atoms with Gasteiger partial charge < -0.3 is 14.9 Å². The zero-order valence-electron chi connectivity index (χ0n) is 19.4. The van der Waals surface area contributed by atoms with E-state index in [1.807, 2.05) is 59.6 Å². The summed E-state index contributed by atoms with van der Waals surface area (Å²) in [7, 11) is 3.84. The lowest BCUT2D eigenvalue weighted by molar-refractivity contribution is -0.137. The number of aromatic nitrogens is 2. The maximum absolute atomic E-state index is 12.4. The number of rotatable bonds is 6. The molecule has 1 unspecified atom stereocenters. The minimum atomic E-state index is -0.760. The van der Waals surface area contributed by atoms with Gasteiger partial charge in [0.25, 0.3) is 0 Å². The molecule has 1 saturated carbocycles. The fourth-order valence-electron chi connectivity index (χ4n) is 4.80. The molecule has 1 atom stereocenters. The van der Waals surface area contributed by atoms with Gasteiger partial charge in [-0.05, 0) is 49.8 Å². The number of hydrazone groups is 1. The van der Waals surface area contributed by atoms with Gasteiger partial charge >= 0.3 is 0 Å². The van der Waals surface area contributed by atoms with Crippen LogP contribution in [0.15, 0.2) is 41.8 Å². The highest BCUT2D eigenvalue weighted by atomic mass is 16.3. The van der Waals surface area contributed by atoms with Gasteiger partial charge in [0.2, 0.25) is 11.9 Å². The second-order valence-electron chi connectivity index (χ2n) is 9.78. The van der Waals surface area contributed by atoms with E-state index in [0.29, 0.717) is 38.3 Å². The highest BCUT2D eigenvalue weighted by molar-refractivity contribution is 5.81. The second kappa shape index (κ2) is 8.74. The number of nitrogens with zero attached hydrogens (tertiary/aromatic N) is 6. The van der Waals surface area contributed by atoms with E-state index in [1.165, 1.54) is 0 Å². The minimum absolute atomic E-state index is 0.100. The number of anilines is 2. The molecule has 0 bridgehead atoms. The van der Waals surface area contributed by atoms with Crippen molar-refractivity contribution in [1.29, 1.82) is 0 Å². The largest absolute Gasteiger partial charge is 0.390 e. The van der Waals surface area contributed by atoms with Gasteiger partial charge in [-0.3, -0.25) is 9.80 Å². The van der Waals surface area contributed by atoms with E-state index in [4.69, 9.17) is 0 Å². The normalized spacial score (nSPS) is 22.0. The van der Waals surface area contributed by atoms with Crippen molar-refractivity contribution in [3.63, 3.8) is 0 Å². The first-order chi connectivity index (χ1) is 15.9. The summed E-state index contributed by atoms with van der Waals surface area (Å²) in [5.74, 6) is 1.20. The number of carbonyl (C=O) groups excluding carboxylic acids is 1. The molecule has 1 aliphatic carbocycles. The Bertz CT molecular complexity index is 1030. The molecule has 1 aromatic carbocycles. The molecular weight excluding hydrogens is 416 g/mol. The maximum Gasteiger partial charge on any atom is 0.225 e. The average Bonchev–Trinajstić information content (AvgIpc) is 3.58. The quantitative estimate of drug-likeness (QED) is 0.731. The third kappa shape index (κ3) is 4.71. The molecule has 1 N–H and O–H groups in total. The van der Waals surface area contributed by atoms with Crippen molar-refractivity contribution in [1.82, 2.24) is 14.9 Å². The van der Waals surface area contributed by atoms with Gasteiger partial charge in [0, 0.05) is 63.7 Å². The Morgan fingerprint density at radius 2 is 1.88 bits per heavy atom. The molecule has 2 aromatic rings. The topological polar surface area (TPSA) is 85.2 Å². The summed E-state index contributed by atoms with van der Waals surface area (Å²) in [6.45, 7) is 1.30. The van der Waals surface area contributed by atoms with Crippen LogP contribution in [-0.2, 0) is 4.79 Å². The van der Waals surface area contributed by atoms with E-state index >= 15 is 0 Å². The molecule has 0 radical (unpaired) electrons. The van der Waals surface area contributed by atoms with Crippen molar-refractivity contribution < 1.29 is 9.90 Å². The predicted molar refractivity (Wildman–Crippen MR) is 129 cm³/mol. The number of hydrogen-bond acceptors (Lipinski definition) is 7. The molecule has 3 heterocycles. The Morgan fingerprint density at radius 3 is 2.55 bits per heavy atom. The number of likely N-dealkylation sites (tertiary alicyclic amines) is 1. The van der Waals surface area contributed by atoms with Crippen molar-refractivity contribution in [2.45, 2.75) is 50.2 Å². The number of piperidine rings is 1. The molecule has 1 amide bonds. The lowest BCUT2D eigenvalue weighted by Gasteiger charge is -2.40. The van der Waals surface area contributed by atoms with Gasteiger partial charge in [-0.15, -0.1) is 0 Å². The van der Waals surface area contributed by atoms with Gasteiger partial charge in [-0.1, -0.05) is 12.1 Å². The van der Waals surface area contributed by atoms with Crippen LogP contribution in [0, 0.1) is 5.92 Å². The predicted octanol–water partition coefficient (Wildman–Crippen LogP) is 2.93. The first kappa shape index (κ1) is 21.8. The summed E-state index contributed by atoms with van der Waals surface area (Å²) >= 11 is 0. The molecule has 8 nitrogen and oxygen atoms in total. The van der Waals surface area contributed by atoms with Crippen molar-refractivity contribution in [2.75, 3.05) is 37.1 Å². The molecule has 174 valence electrons. The van der Waals surface area contributed by atoms with Crippen LogP contribution in [0.1, 0.15) is 38.5 Å². The maximum atomic E-state index is 12.4. The van der Waals surface area contributed by atoms with E-state index in [-0.39, 0.29) is 17.9 Å². The van der Waals surface area contributed by atoms with Crippen LogP contribution in [0.5, 0.6) is 0 Å². The fraction of sp³-hybridized carbons (Fsp3) is 0.520. The summed E-state index contributed by atoms with van der Waals surface area (Å²) < 4.78 is 0. The number of amides is 1. The first-order valence-corrected chi connectivity index (χ1v) is 11.8. The highest BCUT2D eigenvalue weighted by Gasteiger charge is 2.41. The third-order valence-corrected chi connectivity index (χ3v) is 6.96. The van der Waals surface area contributed by atoms with E-state index in [9.17, 15) is 9.90 Å². The van der Waals surface area contributed by atoms with E-state index in [1.54, 1.807) is 0 Å². The minimum Gasteiger partial charge on any atom is -0.390 e. The molecule has 33 heavy (non-hydrogen) atoms. The molecular formula is C25H32N6O2. The molecule has 5 rings (SSSR count). The zero-order chi connectivity index (χ0) is 23.0. The van der Waals surface area contributed by atoms with Crippen LogP contribution in [0.25, 0.3) is 11.1 Å². The van der Waals surface area contributed by atoms with E-state index < -0.39 is 5.60 Å². The molecule has 1 saturated heterocycles. The summed E-state index contributed by atoms with van der Waals surface area (Å²) in [6, 6.07) is 8.32. The van der Waals surface area contributed by atoms with Crippen molar-refractivity contribution >= 4 is 23.8 Å². The van der Waals surface area contributed by atoms with Crippen LogP contribution in [-0.4, -0.2) is 70.9 Å². The molecule has 2 fully saturated rings. The van der Waals surface area contributed by atoms with Gasteiger partial charge in [0.05, 0.1) is 17.3 Å². The highest BCUT2D eigenvalue weighted by Crippen LogP contribution is 2.36. The summed E-state index contributed by atoms with van der Waals surface area (Å²) in [4.78, 5) is 25.0. The lowest BCUT2D eigenvalue weighted by Crippen LogP contribution is -2.49. The number of benzene rings is 1. The Labute approximate surface area is 194 Å². The summed E-state index contributed by atoms with van der Waals surface area (Å²) in [6.07, 6.45) is 10.4. The monoisotopic (exact) mass is 448 g/mol. The number of aliphatic hydroxyl groups is 1. The Kier molecular flexibility index (Phi) is 5.78. The van der Waals surface area contributed by atoms with Crippen LogP contribution in [0.4, 0.5) is 11.6 Å². The first-order valence-electron chi connectivity index (χ1n) is 11.8. The van der Waals surface area contributed by atoms with Gasteiger partial charge in [-0.2, -0.15) is 5.10 Å². The second-order valence-corrected chi connectivity index (χ2v) is 9.78. The van der Waals surface area contributed by atoms with Crippen molar-refractivity contribution in [2.24, 2.45) is 11.0 Å². The van der Waals surface area contributed by atoms with Gasteiger partial charge in [0.1, 0.15) is 0 Å². The van der Waals surface area contributed by atoms with E-state index in [0.717, 1.165) is 36.1 Å². The third-order valence-electron chi connectivity index (χ3n) is 6.96. The molecule has 0 spiro atoms.